The Morgan fingerprint density at radius 2 is 2.00 bits per heavy atom. The molecule has 2 atom stereocenters. The van der Waals surface area contributed by atoms with Crippen LogP contribution in [0, 0.1) is 19.8 Å². The van der Waals surface area contributed by atoms with Crippen molar-refractivity contribution in [2.24, 2.45) is 5.92 Å². The smallest absolute Gasteiger partial charge is 0.243 e. The van der Waals surface area contributed by atoms with E-state index in [1.165, 1.54) is 4.31 Å². The molecule has 1 fully saturated rings. The Morgan fingerprint density at radius 1 is 1.30 bits per heavy atom. The van der Waals surface area contributed by atoms with Crippen molar-refractivity contribution < 1.29 is 13.5 Å². The van der Waals surface area contributed by atoms with Crippen LogP contribution in [0.25, 0.3) is 0 Å². The lowest BCUT2D eigenvalue weighted by Gasteiger charge is -2.35. The molecular weight excluding hydrogens is 274 g/mol. The summed E-state index contributed by atoms with van der Waals surface area (Å²) in [7, 11) is -3.45. The standard InChI is InChI=1S/C15H23NO3S/c1-4-13-10-16(8-7-15(13)17)20(18,19)14-6-5-11(2)12(3)9-14/h5-6,9,13,15,17H,4,7-8,10H2,1-3H3. The molecular formula is C15H23NO3S. The SMILES string of the molecule is CCC1CN(S(=O)(=O)c2ccc(C)c(C)c2)CCC1O. The molecule has 1 aromatic rings. The van der Waals surface area contributed by atoms with E-state index in [-0.39, 0.29) is 12.0 Å². The zero-order valence-electron chi connectivity index (χ0n) is 12.3. The summed E-state index contributed by atoms with van der Waals surface area (Å²) in [6.07, 6.45) is 0.925. The first-order valence-electron chi connectivity index (χ1n) is 7.11. The van der Waals surface area contributed by atoms with Gasteiger partial charge in [0.25, 0.3) is 0 Å². The largest absolute Gasteiger partial charge is 0.393 e. The molecule has 112 valence electrons. The summed E-state index contributed by atoms with van der Waals surface area (Å²) in [5.74, 6) is 0.0325. The van der Waals surface area contributed by atoms with E-state index in [9.17, 15) is 13.5 Å². The summed E-state index contributed by atoms with van der Waals surface area (Å²) in [5.41, 5.74) is 2.07. The molecule has 0 aliphatic carbocycles. The molecule has 1 saturated heterocycles. The van der Waals surface area contributed by atoms with E-state index in [1.807, 2.05) is 26.8 Å². The van der Waals surface area contributed by atoms with Gasteiger partial charge in [-0.25, -0.2) is 8.42 Å². The van der Waals surface area contributed by atoms with E-state index in [2.05, 4.69) is 0 Å². The van der Waals surface area contributed by atoms with Crippen LogP contribution in [0.4, 0.5) is 0 Å². The van der Waals surface area contributed by atoms with E-state index in [0.717, 1.165) is 17.5 Å². The lowest BCUT2D eigenvalue weighted by molar-refractivity contribution is 0.0521. The molecule has 0 amide bonds. The van der Waals surface area contributed by atoms with Gasteiger partial charge in [0.2, 0.25) is 10.0 Å². The molecule has 0 saturated carbocycles. The summed E-state index contributed by atoms with van der Waals surface area (Å²) >= 11 is 0. The van der Waals surface area contributed by atoms with Gasteiger partial charge in [-0.3, -0.25) is 0 Å². The lowest BCUT2D eigenvalue weighted by atomic mass is 9.94. The van der Waals surface area contributed by atoms with Crippen LogP contribution in [0.5, 0.6) is 0 Å². The van der Waals surface area contributed by atoms with E-state index in [0.29, 0.717) is 24.4 Å². The minimum Gasteiger partial charge on any atom is -0.393 e. The molecule has 0 aromatic heterocycles. The van der Waals surface area contributed by atoms with Gasteiger partial charge in [0.1, 0.15) is 0 Å². The van der Waals surface area contributed by atoms with Crippen LogP contribution < -0.4 is 0 Å². The highest BCUT2D eigenvalue weighted by molar-refractivity contribution is 7.89. The predicted molar refractivity (Wildman–Crippen MR) is 79.1 cm³/mol. The summed E-state index contributed by atoms with van der Waals surface area (Å²) in [4.78, 5) is 0.354. The zero-order valence-corrected chi connectivity index (χ0v) is 13.2. The summed E-state index contributed by atoms with van der Waals surface area (Å²) in [6.45, 7) is 6.68. The fraction of sp³-hybridized carbons (Fsp3) is 0.600. The molecule has 5 heteroatoms. The molecule has 1 aliphatic heterocycles. The van der Waals surface area contributed by atoms with Crippen molar-refractivity contribution in [3.63, 3.8) is 0 Å². The summed E-state index contributed by atoms with van der Waals surface area (Å²) in [6, 6.07) is 5.25. The average molecular weight is 297 g/mol. The quantitative estimate of drug-likeness (QED) is 0.929. The molecule has 0 spiro atoms. The monoisotopic (exact) mass is 297 g/mol. The lowest BCUT2D eigenvalue weighted by Crippen LogP contribution is -2.45. The highest BCUT2D eigenvalue weighted by Gasteiger charge is 2.33. The highest BCUT2D eigenvalue weighted by atomic mass is 32.2. The Balaban J connectivity index is 2.28. The molecule has 1 aromatic carbocycles. The predicted octanol–water partition coefficient (Wildman–Crippen LogP) is 2.08. The first-order chi connectivity index (χ1) is 9.36. The van der Waals surface area contributed by atoms with Crippen LogP contribution in [0.15, 0.2) is 23.1 Å². The summed E-state index contributed by atoms with van der Waals surface area (Å²) in [5, 5.41) is 9.88. The van der Waals surface area contributed by atoms with Gasteiger partial charge >= 0.3 is 0 Å². The number of benzene rings is 1. The minimum absolute atomic E-state index is 0.0325. The van der Waals surface area contributed by atoms with Gasteiger partial charge in [-0.05, 0) is 55.9 Å². The van der Waals surface area contributed by atoms with Crippen molar-refractivity contribution in [1.82, 2.24) is 4.31 Å². The van der Waals surface area contributed by atoms with Crippen molar-refractivity contribution in [3.05, 3.63) is 29.3 Å². The number of hydrogen-bond acceptors (Lipinski definition) is 3. The Morgan fingerprint density at radius 3 is 2.60 bits per heavy atom. The van der Waals surface area contributed by atoms with Gasteiger partial charge in [-0.1, -0.05) is 13.0 Å². The molecule has 20 heavy (non-hydrogen) atoms. The molecule has 0 radical (unpaired) electrons. The van der Waals surface area contributed by atoms with Crippen LogP contribution in [0.2, 0.25) is 0 Å². The van der Waals surface area contributed by atoms with Crippen molar-refractivity contribution in [1.29, 1.82) is 0 Å². The number of rotatable bonds is 3. The van der Waals surface area contributed by atoms with Crippen molar-refractivity contribution in [2.45, 2.75) is 44.6 Å². The zero-order chi connectivity index (χ0) is 14.9. The summed E-state index contributed by atoms with van der Waals surface area (Å²) < 4.78 is 26.8. The van der Waals surface area contributed by atoms with Gasteiger partial charge in [-0.2, -0.15) is 4.31 Å². The molecule has 2 unspecified atom stereocenters. The van der Waals surface area contributed by atoms with E-state index in [1.54, 1.807) is 12.1 Å². The number of hydrogen-bond donors (Lipinski definition) is 1. The molecule has 4 nitrogen and oxygen atoms in total. The third kappa shape index (κ3) is 2.90. The van der Waals surface area contributed by atoms with Crippen molar-refractivity contribution in [2.75, 3.05) is 13.1 Å². The van der Waals surface area contributed by atoms with Gasteiger partial charge < -0.3 is 5.11 Å². The fourth-order valence-electron chi connectivity index (χ4n) is 2.63. The first-order valence-corrected chi connectivity index (χ1v) is 8.55. The molecule has 1 N–H and O–H groups in total. The highest BCUT2D eigenvalue weighted by Crippen LogP contribution is 2.26. The Kier molecular flexibility index (Phi) is 4.52. The van der Waals surface area contributed by atoms with Crippen molar-refractivity contribution >= 4 is 10.0 Å². The third-order valence-electron chi connectivity index (χ3n) is 4.30. The second kappa shape index (κ2) is 5.84. The number of aryl methyl sites for hydroxylation is 2. The van der Waals surface area contributed by atoms with E-state index < -0.39 is 10.0 Å². The van der Waals surface area contributed by atoms with Gasteiger partial charge in [0, 0.05) is 13.1 Å². The second-order valence-electron chi connectivity index (χ2n) is 5.63. The van der Waals surface area contributed by atoms with Crippen LogP contribution in [-0.4, -0.2) is 37.0 Å². The minimum atomic E-state index is -3.45. The number of piperidine rings is 1. The topological polar surface area (TPSA) is 57.6 Å². The number of nitrogens with zero attached hydrogens (tertiary/aromatic N) is 1. The number of aliphatic hydroxyl groups is 1. The van der Waals surface area contributed by atoms with Crippen LogP contribution >= 0.6 is 0 Å². The van der Waals surface area contributed by atoms with Gasteiger partial charge in [0.15, 0.2) is 0 Å². The maximum atomic E-state index is 12.7. The Labute approximate surface area is 121 Å². The normalized spacial score (nSPS) is 24.8. The average Bonchev–Trinajstić information content (AvgIpc) is 2.42. The Bertz CT molecular complexity index is 583. The van der Waals surface area contributed by atoms with E-state index >= 15 is 0 Å². The van der Waals surface area contributed by atoms with Gasteiger partial charge in [0.05, 0.1) is 11.0 Å². The maximum Gasteiger partial charge on any atom is 0.243 e. The van der Waals surface area contributed by atoms with Gasteiger partial charge in [-0.15, -0.1) is 0 Å². The Hall–Kier alpha value is -0.910. The maximum absolute atomic E-state index is 12.7. The van der Waals surface area contributed by atoms with E-state index in [4.69, 9.17) is 0 Å². The molecule has 2 rings (SSSR count). The molecule has 0 bridgehead atoms. The number of aliphatic hydroxyl groups excluding tert-OH is 1. The first kappa shape index (κ1) is 15.5. The van der Waals surface area contributed by atoms with Crippen molar-refractivity contribution in [3.8, 4) is 0 Å². The van der Waals surface area contributed by atoms with Crippen LogP contribution in [-0.2, 0) is 10.0 Å². The van der Waals surface area contributed by atoms with Crippen LogP contribution in [0.1, 0.15) is 30.9 Å². The molecule has 1 aliphatic rings. The second-order valence-corrected chi connectivity index (χ2v) is 7.57. The number of sulfonamides is 1. The third-order valence-corrected chi connectivity index (χ3v) is 6.16. The molecule has 1 heterocycles. The fourth-order valence-corrected chi connectivity index (χ4v) is 4.23. The van der Waals surface area contributed by atoms with Crippen LogP contribution in [0.3, 0.4) is 0 Å².